The number of methoxy groups -OCH3 is 1. The highest BCUT2D eigenvalue weighted by atomic mass is 35.5. The largest absolute Gasteiger partial charge is 0.383 e. The Hall–Kier alpha value is -1.30. The zero-order chi connectivity index (χ0) is 14.5. The topological polar surface area (TPSA) is 59.9 Å². The Balaban J connectivity index is 1.94. The predicted octanol–water partition coefficient (Wildman–Crippen LogP) is 2.25. The van der Waals surface area contributed by atoms with Crippen LogP contribution in [0, 0.1) is 0 Å². The van der Waals surface area contributed by atoms with Gasteiger partial charge in [0, 0.05) is 25.6 Å². The summed E-state index contributed by atoms with van der Waals surface area (Å²) in [4.78, 5) is 16.9. The normalized spacial score (nSPS) is 17.6. The first-order valence-corrected chi connectivity index (χ1v) is 6.82. The smallest absolute Gasteiger partial charge is 0.264 e. The fraction of sp³-hybridized carbons (Fsp3) is 0.385. The molecule has 0 fully saturated rings. The highest BCUT2D eigenvalue weighted by molar-refractivity contribution is 6.42. The molecule has 0 bridgehead atoms. The number of carbonyl (C=O) groups is 1. The first kappa shape index (κ1) is 15.1. The molecule has 1 N–H and O–H groups in total. The lowest BCUT2D eigenvalue weighted by atomic mass is 10.0. The van der Waals surface area contributed by atoms with Gasteiger partial charge in [0.25, 0.3) is 5.91 Å². The van der Waals surface area contributed by atoms with E-state index in [1.165, 1.54) is 0 Å². The Morgan fingerprint density at radius 1 is 1.50 bits per heavy atom. The zero-order valence-electron chi connectivity index (χ0n) is 10.9. The zero-order valence-corrected chi connectivity index (χ0v) is 12.4. The minimum atomic E-state index is -0.615. The van der Waals surface area contributed by atoms with Crippen LogP contribution >= 0.6 is 23.2 Å². The Morgan fingerprint density at radius 2 is 2.30 bits per heavy atom. The number of benzene rings is 1. The molecule has 0 aliphatic carbocycles. The molecule has 1 atom stereocenters. The van der Waals surface area contributed by atoms with Crippen LogP contribution < -0.4 is 5.32 Å². The molecule has 0 radical (unpaired) electrons. The molecule has 7 heteroatoms. The lowest BCUT2D eigenvalue weighted by molar-refractivity contribution is -0.131. The molecule has 1 aliphatic heterocycles. The number of nitrogens with one attached hydrogen (secondary N) is 1. The Labute approximate surface area is 126 Å². The summed E-state index contributed by atoms with van der Waals surface area (Å²) in [5.74, 6) is -0.208. The molecular weight excluding hydrogens is 303 g/mol. The van der Waals surface area contributed by atoms with Gasteiger partial charge in [-0.2, -0.15) is 0 Å². The van der Waals surface area contributed by atoms with E-state index in [-0.39, 0.29) is 5.91 Å². The summed E-state index contributed by atoms with van der Waals surface area (Å²) in [5.41, 5.74) is 1.47. The van der Waals surface area contributed by atoms with Crippen LogP contribution in [0.3, 0.4) is 0 Å². The van der Waals surface area contributed by atoms with Crippen LogP contribution in [0.15, 0.2) is 23.4 Å². The number of rotatable bonds is 5. The molecular formula is C13H14Cl2N2O3. The van der Waals surface area contributed by atoms with Gasteiger partial charge in [-0.1, -0.05) is 34.4 Å². The average molecular weight is 317 g/mol. The highest BCUT2D eigenvalue weighted by Gasteiger charge is 2.28. The molecule has 1 aromatic rings. The van der Waals surface area contributed by atoms with E-state index in [1.54, 1.807) is 25.3 Å². The summed E-state index contributed by atoms with van der Waals surface area (Å²) in [6, 6.07) is 5.19. The van der Waals surface area contributed by atoms with E-state index in [2.05, 4.69) is 10.5 Å². The molecule has 0 saturated heterocycles. The number of amides is 1. The van der Waals surface area contributed by atoms with Crippen molar-refractivity contribution in [1.29, 1.82) is 0 Å². The fourth-order valence-corrected chi connectivity index (χ4v) is 2.05. The maximum absolute atomic E-state index is 11.8. The Kier molecular flexibility index (Phi) is 5.23. The minimum Gasteiger partial charge on any atom is -0.383 e. The number of halogens is 2. The molecule has 2 rings (SSSR count). The molecule has 0 spiro atoms. The molecule has 5 nitrogen and oxygen atoms in total. The standard InChI is InChI=1S/C13H14Cl2N2O3/c1-19-5-4-16-13(18)12-7-11(17-20-12)8-2-3-9(14)10(15)6-8/h2-3,6,12H,4-5,7H2,1H3,(H,16,18)/t12-/m1/s1. The number of nitrogens with zero attached hydrogens (tertiary/aromatic N) is 1. The summed E-state index contributed by atoms with van der Waals surface area (Å²) in [6.45, 7) is 0.899. The molecule has 20 heavy (non-hydrogen) atoms. The molecule has 1 aliphatic rings. The number of oxime groups is 1. The first-order chi connectivity index (χ1) is 9.61. The highest BCUT2D eigenvalue weighted by Crippen LogP contribution is 2.25. The van der Waals surface area contributed by atoms with Gasteiger partial charge in [0.15, 0.2) is 0 Å². The van der Waals surface area contributed by atoms with Gasteiger partial charge in [-0.15, -0.1) is 0 Å². The van der Waals surface area contributed by atoms with Crippen molar-refractivity contribution in [2.45, 2.75) is 12.5 Å². The van der Waals surface area contributed by atoms with E-state index in [4.69, 9.17) is 32.8 Å². The third-order valence-corrected chi connectivity index (χ3v) is 3.56. The molecule has 1 heterocycles. The second-order valence-electron chi connectivity index (χ2n) is 4.25. The maximum Gasteiger partial charge on any atom is 0.264 e. The maximum atomic E-state index is 11.8. The molecule has 1 aromatic carbocycles. The van der Waals surface area contributed by atoms with Crippen molar-refractivity contribution < 1.29 is 14.4 Å². The van der Waals surface area contributed by atoms with E-state index in [0.29, 0.717) is 35.3 Å². The van der Waals surface area contributed by atoms with Crippen molar-refractivity contribution in [2.24, 2.45) is 5.16 Å². The van der Waals surface area contributed by atoms with Crippen LogP contribution in [-0.2, 0) is 14.4 Å². The first-order valence-electron chi connectivity index (χ1n) is 6.06. The summed E-state index contributed by atoms with van der Waals surface area (Å²) in [6.07, 6.45) is -0.215. The van der Waals surface area contributed by atoms with Crippen LogP contribution in [0.2, 0.25) is 10.0 Å². The number of hydrogen-bond donors (Lipinski definition) is 1. The number of carbonyl (C=O) groups excluding carboxylic acids is 1. The monoisotopic (exact) mass is 316 g/mol. The van der Waals surface area contributed by atoms with Gasteiger partial charge >= 0.3 is 0 Å². The van der Waals surface area contributed by atoms with Crippen LogP contribution in [0.4, 0.5) is 0 Å². The lowest BCUT2D eigenvalue weighted by Crippen LogP contribution is -2.36. The van der Waals surface area contributed by atoms with Gasteiger partial charge in [0.1, 0.15) is 0 Å². The van der Waals surface area contributed by atoms with Crippen molar-refractivity contribution in [3.63, 3.8) is 0 Å². The summed E-state index contributed by atoms with van der Waals surface area (Å²) < 4.78 is 4.86. The van der Waals surface area contributed by atoms with Gasteiger partial charge in [-0.05, 0) is 12.1 Å². The average Bonchev–Trinajstić information content (AvgIpc) is 2.92. The van der Waals surface area contributed by atoms with Crippen LogP contribution in [-0.4, -0.2) is 38.0 Å². The van der Waals surface area contributed by atoms with Crippen molar-refractivity contribution in [3.8, 4) is 0 Å². The van der Waals surface area contributed by atoms with Crippen molar-refractivity contribution in [2.75, 3.05) is 20.3 Å². The number of ether oxygens (including phenoxy) is 1. The quantitative estimate of drug-likeness (QED) is 0.848. The molecule has 0 saturated carbocycles. The summed E-state index contributed by atoms with van der Waals surface area (Å²) >= 11 is 11.8. The summed E-state index contributed by atoms with van der Waals surface area (Å²) in [5, 5.41) is 7.56. The van der Waals surface area contributed by atoms with Crippen LogP contribution in [0.5, 0.6) is 0 Å². The Bertz CT molecular complexity index is 534. The van der Waals surface area contributed by atoms with Gasteiger partial charge in [0.05, 0.1) is 22.4 Å². The Morgan fingerprint density at radius 3 is 3.00 bits per heavy atom. The van der Waals surface area contributed by atoms with Crippen molar-refractivity contribution in [1.82, 2.24) is 5.32 Å². The van der Waals surface area contributed by atoms with E-state index in [0.717, 1.165) is 5.56 Å². The van der Waals surface area contributed by atoms with E-state index < -0.39 is 6.10 Å². The fourth-order valence-electron chi connectivity index (χ4n) is 1.75. The lowest BCUT2D eigenvalue weighted by Gasteiger charge is -2.08. The van der Waals surface area contributed by atoms with Crippen molar-refractivity contribution in [3.05, 3.63) is 33.8 Å². The molecule has 108 valence electrons. The van der Waals surface area contributed by atoms with E-state index in [9.17, 15) is 4.79 Å². The van der Waals surface area contributed by atoms with E-state index in [1.807, 2.05) is 0 Å². The van der Waals surface area contributed by atoms with Crippen molar-refractivity contribution >= 4 is 34.8 Å². The number of hydrogen-bond acceptors (Lipinski definition) is 4. The third-order valence-electron chi connectivity index (χ3n) is 2.82. The van der Waals surface area contributed by atoms with Gasteiger partial charge < -0.3 is 14.9 Å². The van der Waals surface area contributed by atoms with Gasteiger partial charge in [-0.25, -0.2) is 0 Å². The van der Waals surface area contributed by atoms with Crippen LogP contribution in [0.25, 0.3) is 0 Å². The summed E-state index contributed by atoms with van der Waals surface area (Å²) in [7, 11) is 1.57. The minimum absolute atomic E-state index is 0.208. The van der Waals surface area contributed by atoms with Crippen LogP contribution in [0.1, 0.15) is 12.0 Å². The predicted molar refractivity (Wildman–Crippen MR) is 77.4 cm³/mol. The van der Waals surface area contributed by atoms with Gasteiger partial charge in [0.2, 0.25) is 6.10 Å². The van der Waals surface area contributed by atoms with E-state index >= 15 is 0 Å². The molecule has 0 aromatic heterocycles. The van der Waals surface area contributed by atoms with Gasteiger partial charge in [-0.3, -0.25) is 4.79 Å². The third kappa shape index (κ3) is 3.62. The molecule has 1 amide bonds. The molecule has 0 unspecified atom stereocenters. The second kappa shape index (κ2) is 6.92. The SMILES string of the molecule is COCCNC(=O)[C@H]1CC(c2ccc(Cl)c(Cl)c2)=NO1. The second-order valence-corrected chi connectivity index (χ2v) is 5.06.